The molecule has 27 heavy (non-hydrogen) atoms. The second-order valence-corrected chi connectivity index (χ2v) is 6.96. The molecule has 3 aromatic rings. The first-order valence-electron chi connectivity index (χ1n) is 9.47. The van der Waals surface area contributed by atoms with Gasteiger partial charge in [0.15, 0.2) is 0 Å². The summed E-state index contributed by atoms with van der Waals surface area (Å²) >= 11 is 0. The van der Waals surface area contributed by atoms with E-state index < -0.39 is 0 Å². The second kappa shape index (κ2) is 8.18. The maximum Gasteiger partial charge on any atom is 0.244 e. The van der Waals surface area contributed by atoms with Crippen LogP contribution in [0.4, 0.5) is 0 Å². The summed E-state index contributed by atoms with van der Waals surface area (Å²) in [5, 5.41) is 4.19. The van der Waals surface area contributed by atoms with Gasteiger partial charge in [0, 0.05) is 36.0 Å². The van der Waals surface area contributed by atoms with Crippen molar-refractivity contribution in [2.24, 2.45) is 0 Å². The maximum atomic E-state index is 12.6. The van der Waals surface area contributed by atoms with Gasteiger partial charge >= 0.3 is 0 Å². The number of likely N-dealkylation sites (tertiary alicyclic amines) is 1. The first-order valence-corrected chi connectivity index (χ1v) is 9.47. The molecule has 0 saturated carbocycles. The van der Waals surface area contributed by atoms with Crippen LogP contribution < -0.4 is 5.32 Å². The monoisotopic (exact) mass is 360 g/mol. The third-order valence-electron chi connectivity index (χ3n) is 5.06. The molecule has 0 bridgehead atoms. The van der Waals surface area contributed by atoms with E-state index in [0.717, 1.165) is 41.8 Å². The van der Waals surface area contributed by atoms with Crippen LogP contribution in [0.25, 0.3) is 17.1 Å². The van der Waals surface area contributed by atoms with Crippen LogP contribution in [0, 0.1) is 0 Å². The third-order valence-corrected chi connectivity index (χ3v) is 5.06. The van der Waals surface area contributed by atoms with Crippen molar-refractivity contribution in [2.75, 3.05) is 19.6 Å². The SMILES string of the molecule is O=C(/C=C/c1c[nH]c2ncccc12)N[C@H](CN1CCCC1)c1ccccc1. The van der Waals surface area contributed by atoms with Gasteiger partial charge in [-0.25, -0.2) is 4.98 Å². The van der Waals surface area contributed by atoms with Crippen LogP contribution in [-0.4, -0.2) is 40.4 Å². The topological polar surface area (TPSA) is 61.0 Å². The lowest BCUT2D eigenvalue weighted by molar-refractivity contribution is -0.117. The van der Waals surface area contributed by atoms with Crippen molar-refractivity contribution in [2.45, 2.75) is 18.9 Å². The Morgan fingerprint density at radius 3 is 2.81 bits per heavy atom. The number of rotatable bonds is 6. The molecular formula is C22H24N4O. The Balaban J connectivity index is 1.47. The van der Waals surface area contributed by atoms with Crippen molar-refractivity contribution < 1.29 is 4.79 Å². The zero-order chi connectivity index (χ0) is 18.5. The number of hydrogen-bond donors (Lipinski definition) is 2. The summed E-state index contributed by atoms with van der Waals surface area (Å²) in [4.78, 5) is 22.4. The predicted octanol–water partition coefficient (Wildman–Crippen LogP) is 3.53. The molecule has 1 fully saturated rings. The minimum atomic E-state index is -0.0821. The van der Waals surface area contributed by atoms with E-state index in [2.05, 4.69) is 32.3 Å². The summed E-state index contributed by atoms with van der Waals surface area (Å²) in [6.07, 6.45) is 9.55. The Bertz CT molecular complexity index is 926. The lowest BCUT2D eigenvalue weighted by Gasteiger charge is -2.24. The summed E-state index contributed by atoms with van der Waals surface area (Å²) < 4.78 is 0. The Kier molecular flexibility index (Phi) is 5.30. The predicted molar refractivity (Wildman–Crippen MR) is 108 cm³/mol. The molecule has 138 valence electrons. The van der Waals surface area contributed by atoms with Crippen LogP contribution >= 0.6 is 0 Å². The van der Waals surface area contributed by atoms with Gasteiger partial charge in [-0.1, -0.05) is 30.3 Å². The van der Waals surface area contributed by atoms with Gasteiger partial charge in [0.25, 0.3) is 0 Å². The largest absolute Gasteiger partial charge is 0.346 e. The first-order chi connectivity index (χ1) is 13.3. The molecule has 1 aliphatic heterocycles. The van der Waals surface area contributed by atoms with Gasteiger partial charge in [-0.05, 0) is 49.7 Å². The van der Waals surface area contributed by atoms with E-state index in [1.807, 2.05) is 42.6 Å². The maximum absolute atomic E-state index is 12.6. The summed E-state index contributed by atoms with van der Waals surface area (Å²) in [5.41, 5.74) is 2.93. The summed E-state index contributed by atoms with van der Waals surface area (Å²) in [5.74, 6) is -0.0821. The number of benzene rings is 1. The van der Waals surface area contributed by atoms with Gasteiger partial charge in [-0.15, -0.1) is 0 Å². The lowest BCUT2D eigenvalue weighted by atomic mass is 10.1. The molecule has 5 heteroatoms. The van der Waals surface area contributed by atoms with E-state index in [9.17, 15) is 4.79 Å². The zero-order valence-corrected chi connectivity index (χ0v) is 15.3. The van der Waals surface area contributed by atoms with E-state index in [-0.39, 0.29) is 11.9 Å². The molecule has 0 unspecified atom stereocenters. The Morgan fingerprint density at radius 2 is 2.00 bits per heavy atom. The van der Waals surface area contributed by atoms with Crippen molar-refractivity contribution in [1.29, 1.82) is 0 Å². The number of H-pyrrole nitrogens is 1. The van der Waals surface area contributed by atoms with Gasteiger partial charge in [-0.3, -0.25) is 4.79 Å². The molecule has 1 amide bonds. The second-order valence-electron chi connectivity index (χ2n) is 6.96. The number of carbonyl (C=O) groups excluding carboxylic acids is 1. The molecule has 0 radical (unpaired) electrons. The van der Waals surface area contributed by atoms with Crippen molar-refractivity contribution in [3.05, 3.63) is 72.1 Å². The Hall–Kier alpha value is -2.92. The van der Waals surface area contributed by atoms with Crippen molar-refractivity contribution in [1.82, 2.24) is 20.2 Å². The molecule has 1 atom stereocenters. The number of aromatic amines is 1. The van der Waals surface area contributed by atoms with Gasteiger partial charge in [0.05, 0.1) is 6.04 Å². The van der Waals surface area contributed by atoms with Crippen molar-refractivity contribution in [3.8, 4) is 0 Å². The minimum Gasteiger partial charge on any atom is -0.346 e. The summed E-state index contributed by atoms with van der Waals surface area (Å²) in [6.45, 7) is 3.06. The van der Waals surface area contributed by atoms with E-state index in [0.29, 0.717) is 0 Å². The Labute approximate surface area is 159 Å². The van der Waals surface area contributed by atoms with E-state index >= 15 is 0 Å². The molecule has 0 spiro atoms. The standard InChI is InChI=1S/C22H24N4O/c27-21(11-10-18-15-24-22-19(18)9-6-12-23-22)25-20(16-26-13-4-5-14-26)17-7-2-1-3-8-17/h1-3,6-12,15,20H,4-5,13-14,16H2,(H,23,24)(H,25,27)/b11-10+/t20-/m1/s1. The smallest absolute Gasteiger partial charge is 0.244 e. The van der Waals surface area contributed by atoms with Gasteiger partial charge in [0.1, 0.15) is 5.65 Å². The number of pyridine rings is 1. The van der Waals surface area contributed by atoms with Gasteiger partial charge in [-0.2, -0.15) is 0 Å². The van der Waals surface area contributed by atoms with Crippen LogP contribution in [0.5, 0.6) is 0 Å². The van der Waals surface area contributed by atoms with E-state index in [1.165, 1.54) is 12.8 Å². The molecule has 4 rings (SSSR count). The van der Waals surface area contributed by atoms with E-state index in [1.54, 1.807) is 12.3 Å². The summed E-state index contributed by atoms with van der Waals surface area (Å²) in [7, 11) is 0. The van der Waals surface area contributed by atoms with Crippen molar-refractivity contribution in [3.63, 3.8) is 0 Å². The summed E-state index contributed by atoms with van der Waals surface area (Å²) in [6, 6.07) is 14.1. The average molecular weight is 360 g/mol. The highest BCUT2D eigenvalue weighted by molar-refractivity contribution is 5.95. The normalized spacial score (nSPS) is 16.1. The molecule has 2 N–H and O–H groups in total. The minimum absolute atomic E-state index is 0.00825. The quantitative estimate of drug-likeness (QED) is 0.661. The fourth-order valence-corrected chi connectivity index (χ4v) is 3.64. The van der Waals surface area contributed by atoms with Crippen LogP contribution in [0.15, 0.2) is 60.9 Å². The molecule has 5 nitrogen and oxygen atoms in total. The number of nitrogens with one attached hydrogen (secondary N) is 2. The molecule has 0 aliphatic carbocycles. The molecule has 3 heterocycles. The van der Waals surface area contributed by atoms with E-state index in [4.69, 9.17) is 0 Å². The highest BCUT2D eigenvalue weighted by Crippen LogP contribution is 2.19. The van der Waals surface area contributed by atoms with Gasteiger partial charge in [0.2, 0.25) is 5.91 Å². The third kappa shape index (κ3) is 4.26. The number of nitrogens with zero attached hydrogens (tertiary/aromatic N) is 2. The number of amides is 1. The average Bonchev–Trinajstić information content (AvgIpc) is 3.36. The van der Waals surface area contributed by atoms with Crippen molar-refractivity contribution >= 4 is 23.0 Å². The number of fused-ring (bicyclic) bond motifs is 1. The van der Waals surface area contributed by atoms with Crippen LogP contribution in [0.2, 0.25) is 0 Å². The molecule has 2 aromatic heterocycles. The van der Waals surface area contributed by atoms with Crippen LogP contribution in [-0.2, 0) is 4.79 Å². The first kappa shape index (κ1) is 17.5. The fourth-order valence-electron chi connectivity index (χ4n) is 3.64. The highest BCUT2D eigenvalue weighted by atomic mass is 16.1. The van der Waals surface area contributed by atoms with Gasteiger partial charge < -0.3 is 15.2 Å². The number of hydrogen-bond acceptors (Lipinski definition) is 3. The highest BCUT2D eigenvalue weighted by Gasteiger charge is 2.19. The zero-order valence-electron chi connectivity index (χ0n) is 15.3. The number of carbonyl (C=O) groups is 1. The molecular weight excluding hydrogens is 336 g/mol. The van der Waals surface area contributed by atoms with Crippen LogP contribution in [0.1, 0.15) is 30.0 Å². The lowest BCUT2D eigenvalue weighted by Crippen LogP contribution is -2.36. The Morgan fingerprint density at radius 1 is 1.19 bits per heavy atom. The molecule has 1 aliphatic rings. The molecule has 1 aromatic carbocycles. The number of aromatic nitrogens is 2. The fraction of sp³-hybridized carbons (Fsp3) is 0.273. The molecule has 1 saturated heterocycles. The van der Waals surface area contributed by atoms with Crippen LogP contribution in [0.3, 0.4) is 0 Å².